The van der Waals surface area contributed by atoms with Gasteiger partial charge >= 0.3 is 6.36 Å². The molecule has 178 valence electrons. The fourth-order valence-electron chi connectivity index (χ4n) is 3.57. The van der Waals surface area contributed by atoms with Crippen LogP contribution in [0.4, 0.5) is 13.2 Å². The predicted molar refractivity (Wildman–Crippen MR) is 119 cm³/mol. The summed E-state index contributed by atoms with van der Waals surface area (Å²) in [5.41, 5.74) is 1.11. The Labute approximate surface area is 196 Å². The molecule has 0 saturated heterocycles. The van der Waals surface area contributed by atoms with Crippen molar-refractivity contribution in [3.63, 3.8) is 0 Å². The maximum Gasteiger partial charge on any atom is 0.573 e. The third-order valence-corrected chi connectivity index (χ3v) is 5.11. The Morgan fingerprint density at radius 3 is 2.80 bits per heavy atom. The molecule has 0 atom stereocenters. The minimum atomic E-state index is -4.83. The third-order valence-electron chi connectivity index (χ3n) is 5.11. The topological polar surface area (TPSA) is 80.4 Å². The monoisotopic (exact) mass is 482 g/mol. The molecule has 3 aromatic rings. The second-order valence-electron chi connectivity index (χ2n) is 7.48. The molecule has 0 spiro atoms. The summed E-state index contributed by atoms with van der Waals surface area (Å²) in [6.45, 7) is 0. The van der Waals surface area contributed by atoms with E-state index in [1.807, 2.05) is 18.2 Å². The van der Waals surface area contributed by atoms with Gasteiger partial charge in [0.1, 0.15) is 17.7 Å². The molecule has 0 unspecified atom stereocenters. The van der Waals surface area contributed by atoms with Crippen molar-refractivity contribution in [1.82, 2.24) is 19.6 Å². The number of hydrogen-bond acceptors (Lipinski definition) is 6. The van der Waals surface area contributed by atoms with Crippen molar-refractivity contribution in [3.8, 4) is 22.8 Å². The highest BCUT2D eigenvalue weighted by Gasteiger charge is 2.31. The van der Waals surface area contributed by atoms with Gasteiger partial charge in [-0.3, -0.25) is 4.79 Å². The van der Waals surface area contributed by atoms with E-state index in [4.69, 9.17) is 9.47 Å². The summed E-state index contributed by atoms with van der Waals surface area (Å²) in [5.74, 6) is 0.328. The van der Waals surface area contributed by atoms with Gasteiger partial charge in [-0.1, -0.05) is 24.3 Å². The van der Waals surface area contributed by atoms with Gasteiger partial charge in [-0.2, -0.15) is 14.9 Å². The molecule has 1 aliphatic carbocycles. The first-order chi connectivity index (χ1) is 16.9. The lowest BCUT2D eigenvalue weighted by molar-refractivity contribution is -0.274. The number of benzene rings is 1. The molecule has 11 heteroatoms. The fraction of sp³-hybridized carbons (Fsp3) is 0.125. The van der Waals surface area contributed by atoms with Gasteiger partial charge in [0.05, 0.1) is 11.9 Å². The van der Waals surface area contributed by atoms with Crippen LogP contribution in [-0.2, 0) is 9.47 Å². The van der Waals surface area contributed by atoms with Crippen molar-refractivity contribution in [2.45, 2.75) is 19.2 Å². The maximum absolute atomic E-state index is 12.7. The Hall–Kier alpha value is -4.54. The van der Waals surface area contributed by atoms with E-state index in [9.17, 15) is 18.0 Å². The normalized spacial score (nSPS) is 15.5. The first-order valence-electron chi connectivity index (χ1n) is 10.5. The Balaban J connectivity index is 1.47. The molecule has 0 N–H and O–H groups in total. The number of allylic oxidation sites excluding steroid dienone is 4. The average molecular weight is 482 g/mol. The average Bonchev–Trinajstić information content (AvgIpc) is 3.34. The van der Waals surface area contributed by atoms with E-state index >= 15 is 0 Å². The maximum atomic E-state index is 12.7. The van der Waals surface area contributed by atoms with E-state index in [1.54, 1.807) is 6.07 Å². The molecule has 5 rings (SSSR count). The highest BCUT2D eigenvalue weighted by Crippen LogP contribution is 2.30. The zero-order chi connectivity index (χ0) is 24.4. The molecule has 0 amide bonds. The van der Waals surface area contributed by atoms with Gasteiger partial charge in [-0.15, -0.1) is 13.2 Å². The summed E-state index contributed by atoms with van der Waals surface area (Å²) >= 11 is 0. The molecule has 35 heavy (non-hydrogen) atoms. The number of nitrogens with zero attached hydrogens (tertiary/aromatic N) is 4. The summed E-state index contributed by atoms with van der Waals surface area (Å²) in [5, 5.41) is 8.58. The third kappa shape index (κ3) is 4.88. The molecule has 1 aliphatic heterocycles. The predicted octanol–water partition coefficient (Wildman–Crippen LogP) is 4.92. The lowest BCUT2D eigenvalue weighted by atomic mass is 10.0. The number of hydrogen-bond donors (Lipinski definition) is 0. The van der Waals surface area contributed by atoms with Gasteiger partial charge in [0.2, 0.25) is 5.43 Å². The van der Waals surface area contributed by atoms with Crippen molar-refractivity contribution in [3.05, 3.63) is 101 Å². The molecule has 2 aromatic heterocycles. The summed E-state index contributed by atoms with van der Waals surface area (Å²) in [4.78, 5) is 12.7. The smallest absolute Gasteiger partial charge is 0.463 e. The van der Waals surface area contributed by atoms with Crippen molar-refractivity contribution >= 4 is 5.88 Å². The Morgan fingerprint density at radius 1 is 1.11 bits per heavy atom. The highest BCUT2D eigenvalue weighted by molar-refractivity contribution is 5.60. The zero-order valence-corrected chi connectivity index (χ0v) is 18.0. The van der Waals surface area contributed by atoms with E-state index < -0.39 is 17.5 Å². The molecular formula is C24H17F3N4O4. The lowest BCUT2D eigenvalue weighted by Crippen LogP contribution is -2.18. The van der Waals surface area contributed by atoms with Gasteiger partial charge in [0.25, 0.3) is 5.88 Å². The van der Waals surface area contributed by atoms with Crippen LogP contribution in [0, 0.1) is 0 Å². The summed E-state index contributed by atoms with van der Waals surface area (Å²) in [6, 6.07) is 8.09. The van der Waals surface area contributed by atoms with Crippen molar-refractivity contribution in [2.24, 2.45) is 0 Å². The number of halogens is 3. The van der Waals surface area contributed by atoms with E-state index in [-0.39, 0.29) is 17.3 Å². The van der Waals surface area contributed by atoms with Gasteiger partial charge in [0, 0.05) is 18.3 Å². The Bertz CT molecular complexity index is 1450. The second-order valence-corrected chi connectivity index (χ2v) is 7.48. The molecular weight excluding hydrogens is 465 g/mol. The fourth-order valence-corrected chi connectivity index (χ4v) is 3.57. The van der Waals surface area contributed by atoms with E-state index in [2.05, 4.69) is 14.9 Å². The standard InChI is InChI=1S/C24H17F3N4O4/c25-24(26,27)35-18-8-4-7-17(13-18)30-12-10-20(32)23(29-30)19-9-11-28-31(19)22-15-33-14-21(34-22)16-5-2-1-3-6-16/h1-2,4-5,7-15H,3,6H2. The van der Waals surface area contributed by atoms with Crippen LogP contribution in [-0.4, -0.2) is 25.9 Å². The van der Waals surface area contributed by atoms with Crippen LogP contribution in [0.5, 0.6) is 5.75 Å². The van der Waals surface area contributed by atoms with Crippen molar-refractivity contribution in [2.75, 3.05) is 0 Å². The summed E-state index contributed by atoms with van der Waals surface area (Å²) in [7, 11) is 0. The first-order valence-corrected chi connectivity index (χ1v) is 10.5. The minimum Gasteiger partial charge on any atom is -0.463 e. The van der Waals surface area contributed by atoms with Crippen LogP contribution in [0.15, 0.2) is 95.7 Å². The van der Waals surface area contributed by atoms with Gasteiger partial charge < -0.3 is 14.2 Å². The van der Waals surface area contributed by atoms with E-state index in [1.165, 1.54) is 58.5 Å². The van der Waals surface area contributed by atoms with E-state index in [0.29, 0.717) is 11.5 Å². The van der Waals surface area contributed by atoms with Gasteiger partial charge in [0.15, 0.2) is 17.7 Å². The molecule has 0 bridgehead atoms. The molecule has 2 aliphatic rings. The number of ether oxygens (including phenoxy) is 3. The Morgan fingerprint density at radius 2 is 2.00 bits per heavy atom. The first kappa shape index (κ1) is 22.3. The van der Waals surface area contributed by atoms with E-state index in [0.717, 1.165) is 24.5 Å². The number of rotatable bonds is 5. The molecule has 0 radical (unpaired) electrons. The van der Waals surface area contributed by atoms with Crippen LogP contribution in [0.1, 0.15) is 12.8 Å². The van der Waals surface area contributed by atoms with Crippen LogP contribution >= 0.6 is 0 Å². The number of aromatic nitrogens is 4. The van der Waals surface area contributed by atoms with Gasteiger partial charge in [-0.05, 0) is 36.6 Å². The zero-order valence-electron chi connectivity index (χ0n) is 18.0. The van der Waals surface area contributed by atoms with Crippen LogP contribution in [0.3, 0.4) is 0 Å². The summed E-state index contributed by atoms with van der Waals surface area (Å²) in [6.07, 6.45) is 8.39. The van der Waals surface area contributed by atoms with Gasteiger partial charge in [-0.25, -0.2) is 4.68 Å². The molecule has 1 aromatic carbocycles. The molecule has 3 heterocycles. The quantitative estimate of drug-likeness (QED) is 0.514. The SMILES string of the molecule is O=c1ccn(-c2cccc(OC(F)(F)F)c2)nc1-c1ccnn1C1=COC=C(C2=CC=CCC2)O1. The number of alkyl halides is 3. The minimum absolute atomic E-state index is 0.00700. The molecule has 8 nitrogen and oxygen atoms in total. The van der Waals surface area contributed by atoms with Crippen LogP contribution in [0.2, 0.25) is 0 Å². The molecule has 0 saturated carbocycles. The van der Waals surface area contributed by atoms with Crippen molar-refractivity contribution in [1.29, 1.82) is 0 Å². The highest BCUT2D eigenvalue weighted by atomic mass is 19.4. The second kappa shape index (κ2) is 9.01. The van der Waals surface area contributed by atoms with Crippen LogP contribution < -0.4 is 10.2 Å². The Kier molecular flexibility index (Phi) is 5.73. The van der Waals surface area contributed by atoms with Crippen LogP contribution in [0.25, 0.3) is 23.0 Å². The summed E-state index contributed by atoms with van der Waals surface area (Å²) < 4.78 is 55.9. The lowest BCUT2D eigenvalue weighted by Gasteiger charge is -2.20. The van der Waals surface area contributed by atoms with Crippen molar-refractivity contribution < 1.29 is 27.4 Å². The largest absolute Gasteiger partial charge is 0.573 e. The molecule has 0 fully saturated rings.